The third kappa shape index (κ3) is 2.44. The number of aryl methyl sites for hydroxylation is 1. The maximum atomic E-state index is 6.12. The zero-order valence-electron chi connectivity index (χ0n) is 12.3. The van der Waals surface area contributed by atoms with Gasteiger partial charge in [0, 0.05) is 11.3 Å². The minimum absolute atomic E-state index is 0.0722. The number of hydrogen-bond donors (Lipinski definition) is 1. The van der Waals surface area contributed by atoms with Crippen LogP contribution in [0.1, 0.15) is 17.2 Å². The van der Waals surface area contributed by atoms with E-state index in [1.54, 1.807) is 7.11 Å². The lowest BCUT2D eigenvalue weighted by Gasteiger charge is -2.28. The van der Waals surface area contributed by atoms with Gasteiger partial charge in [-0.1, -0.05) is 30.3 Å². The van der Waals surface area contributed by atoms with Crippen molar-refractivity contribution >= 4 is 11.6 Å². The smallest absolute Gasteiger partial charge is 0.196 e. The second kappa shape index (κ2) is 5.48. The Kier molecular flexibility index (Phi) is 3.52. The summed E-state index contributed by atoms with van der Waals surface area (Å²) >= 11 is 0. The molecule has 0 spiro atoms. The highest BCUT2D eigenvalue weighted by Crippen LogP contribution is 2.35. The molecule has 0 radical (unpaired) electrons. The zero-order valence-corrected chi connectivity index (χ0v) is 12.3. The van der Waals surface area contributed by atoms with Crippen molar-refractivity contribution in [3.05, 3.63) is 59.7 Å². The van der Waals surface area contributed by atoms with E-state index < -0.39 is 0 Å². The average molecular weight is 281 g/mol. The Balaban J connectivity index is 2.03. The van der Waals surface area contributed by atoms with Gasteiger partial charge in [0.25, 0.3) is 0 Å². The molecule has 1 atom stereocenters. The SMILES string of the molecule is COc1ccccc1C1CN=C(N)N1c1cccc(C)c1. The molecule has 21 heavy (non-hydrogen) atoms. The van der Waals surface area contributed by atoms with Crippen molar-refractivity contribution in [2.45, 2.75) is 13.0 Å². The molecule has 1 aliphatic rings. The summed E-state index contributed by atoms with van der Waals surface area (Å²) < 4.78 is 5.48. The number of nitrogens with two attached hydrogens (primary N) is 1. The number of methoxy groups -OCH3 is 1. The molecule has 2 N–H and O–H groups in total. The summed E-state index contributed by atoms with van der Waals surface area (Å²) in [5.74, 6) is 1.42. The Morgan fingerprint density at radius 2 is 2.00 bits per heavy atom. The van der Waals surface area contributed by atoms with Crippen LogP contribution in [-0.4, -0.2) is 19.6 Å². The summed E-state index contributed by atoms with van der Waals surface area (Å²) in [7, 11) is 1.69. The molecular formula is C17H19N3O. The maximum absolute atomic E-state index is 6.12. The van der Waals surface area contributed by atoms with E-state index in [0.29, 0.717) is 12.5 Å². The van der Waals surface area contributed by atoms with E-state index in [2.05, 4.69) is 41.1 Å². The summed E-state index contributed by atoms with van der Waals surface area (Å²) in [4.78, 5) is 6.50. The lowest BCUT2D eigenvalue weighted by molar-refractivity contribution is 0.406. The molecule has 1 aliphatic heterocycles. The van der Waals surface area contributed by atoms with Crippen molar-refractivity contribution in [3.63, 3.8) is 0 Å². The molecule has 108 valence electrons. The van der Waals surface area contributed by atoms with Gasteiger partial charge in [-0.15, -0.1) is 0 Å². The second-order valence-electron chi connectivity index (χ2n) is 5.17. The number of aliphatic imine (C=N–C) groups is 1. The van der Waals surface area contributed by atoms with Crippen LogP contribution in [0.5, 0.6) is 5.75 Å². The predicted octanol–water partition coefficient (Wildman–Crippen LogP) is 2.88. The van der Waals surface area contributed by atoms with E-state index in [9.17, 15) is 0 Å². The lowest BCUT2D eigenvalue weighted by atomic mass is 10.0. The van der Waals surface area contributed by atoms with Crippen LogP contribution >= 0.6 is 0 Å². The molecule has 0 bridgehead atoms. The molecular weight excluding hydrogens is 262 g/mol. The average Bonchev–Trinajstić information content (AvgIpc) is 2.88. The molecule has 3 rings (SSSR count). The first-order valence-corrected chi connectivity index (χ1v) is 6.99. The van der Waals surface area contributed by atoms with Crippen molar-refractivity contribution in [2.75, 3.05) is 18.6 Å². The van der Waals surface area contributed by atoms with Crippen molar-refractivity contribution < 1.29 is 4.74 Å². The molecule has 0 amide bonds. The first-order chi connectivity index (χ1) is 10.2. The number of anilines is 1. The molecule has 2 aromatic rings. The van der Waals surface area contributed by atoms with Gasteiger partial charge >= 0.3 is 0 Å². The van der Waals surface area contributed by atoms with E-state index in [1.807, 2.05) is 24.3 Å². The van der Waals surface area contributed by atoms with E-state index in [-0.39, 0.29) is 6.04 Å². The fourth-order valence-electron chi connectivity index (χ4n) is 2.77. The second-order valence-corrected chi connectivity index (χ2v) is 5.17. The largest absolute Gasteiger partial charge is 0.496 e. The van der Waals surface area contributed by atoms with Gasteiger partial charge in [0.05, 0.1) is 19.7 Å². The Labute approximate surface area is 124 Å². The van der Waals surface area contributed by atoms with E-state index in [0.717, 1.165) is 17.0 Å². The molecule has 4 nitrogen and oxygen atoms in total. The van der Waals surface area contributed by atoms with Crippen LogP contribution in [0.15, 0.2) is 53.5 Å². The summed E-state index contributed by atoms with van der Waals surface area (Å²) in [5, 5.41) is 0. The quantitative estimate of drug-likeness (QED) is 0.941. The minimum Gasteiger partial charge on any atom is -0.496 e. The molecule has 0 saturated carbocycles. The van der Waals surface area contributed by atoms with Crippen LogP contribution in [0.4, 0.5) is 5.69 Å². The van der Waals surface area contributed by atoms with Crippen LogP contribution in [0.3, 0.4) is 0 Å². The molecule has 1 unspecified atom stereocenters. The monoisotopic (exact) mass is 281 g/mol. The van der Waals surface area contributed by atoms with E-state index in [1.165, 1.54) is 5.56 Å². The molecule has 0 saturated heterocycles. The normalized spacial score (nSPS) is 17.7. The number of guanidine groups is 1. The maximum Gasteiger partial charge on any atom is 0.196 e. The topological polar surface area (TPSA) is 50.9 Å². The van der Waals surface area contributed by atoms with Crippen molar-refractivity contribution in [1.82, 2.24) is 0 Å². The molecule has 4 heteroatoms. The van der Waals surface area contributed by atoms with Gasteiger partial charge in [0.1, 0.15) is 5.75 Å². The Morgan fingerprint density at radius 1 is 1.19 bits per heavy atom. The first kappa shape index (κ1) is 13.5. The van der Waals surface area contributed by atoms with Crippen molar-refractivity contribution in [3.8, 4) is 5.75 Å². The number of para-hydroxylation sites is 1. The van der Waals surface area contributed by atoms with Crippen LogP contribution < -0.4 is 15.4 Å². The van der Waals surface area contributed by atoms with Gasteiger partial charge < -0.3 is 15.4 Å². The predicted molar refractivity (Wildman–Crippen MR) is 85.9 cm³/mol. The summed E-state index contributed by atoms with van der Waals surface area (Å²) in [6.07, 6.45) is 0. The third-order valence-corrected chi connectivity index (χ3v) is 3.76. The number of ether oxygens (including phenoxy) is 1. The Morgan fingerprint density at radius 3 is 2.76 bits per heavy atom. The van der Waals surface area contributed by atoms with E-state index in [4.69, 9.17) is 10.5 Å². The number of nitrogens with zero attached hydrogens (tertiary/aromatic N) is 2. The van der Waals surface area contributed by atoms with Gasteiger partial charge in [-0.05, 0) is 30.7 Å². The molecule has 0 aliphatic carbocycles. The molecule has 1 heterocycles. The number of benzene rings is 2. The fraction of sp³-hybridized carbons (Fsp3) is 0.235. The van der Waals surface area contributed by atoms with E-state index >= 15 is 0 Å². The zero-order chi connectivity index (χ0) is 14.8. The van der Waals surface area contributed by atoms with Crippen LogP contribution in [0, 0.1) is 6.92 Å². The Bertz CT molecular complexity index is 681. The summed E-state index contributed by atoms with van der Waals surface area (Å²) in [6, 6.07) is 16.4. The highest BCUT2D eigenvalue weighted by Gasteiger charge is 2.30. The number of rotatable bonds is 3. The lowest BCUT2D eigenvalue weighted by Crippen LogP contribution is -2.36. The van der Waals surface area contributed by atoms with Gasteiger partial charge in [-0.3, -0.25) is 4.99 Å². The van der Waals surface area contributed by atoms with Gasteiger partial charge in [-0.2, -0.15) is 0 Å². The van der Waals surface area contributed by atoms with Gasteiger partial charge in [-0.25, -0.2) is 0 Å². The summed E-state index contributed by atoms with van der Waals surface area (Å²) in [6.45, 7) is 2.71. The third-order valence-electron chi connectivity index (χ3n) is 3.76. The Hall–Kier alpha value is -2.49. The van der Waals surface area contributed by atoms with Crippen LogP contribution in [-0.2, 0) is 0 Å². The number of hydrogen-bond acceptors (Lipinski definition) is 4. The first-order valence-electron chi connectivity index (χ1n) is 6.99. The minimum atomic E-state index is 0.0722. The molecule has 2 aromatic carbocycles. The fourth-order valence-corrected chi connectivity index (χ4v) is 2.77. The van der Waals surface area contributed by atoms with Crippen LogP contribution in [0.25, 0.3) is 0 Å². The van der Waals surface area contributed by atoms with Crippen molar-refractivity contribution in [2.24, 2.45) is 10.7 Å². The highest BCUT2D eigenvalue weighted by atomic mass is 16.5. The highest BCUT2D eigenvalue weighted by molar-refractivity contribution is 5.97. The molecule has 0 fully saturated rings. The van der Waals surface area contributed by atoms with Crippen molar-refractivity contribution in [1.29, 1.82) is 0 Å². The standard InChI is InChI=1S/C17H19N3O/c1-12-6-5-7-13(10-12)20-15(11-19-17(20)18)14-8-3-4-9-16(14)21-2/h3-10,15H,11H2,1-2H3,(H2,18,19). The van der Waals surface area contributed by atoms with Crippen LogP contribution in [0.2, 0.25) is 0 Å². The van der Waals surface area contributed by atoms with Gasteiger partial charge in [0.2, 0.25) is 0 Å². The summed E-state index contributed by atoms with van der Waals surface area (Å²) in [5.41, 5.74) is 9.48. The van der Waals surface area contributed by atoms with Gasteiger partial charge in [0.15, 0.2) is 5.96 Å². The molecule has 0 aromatic heterocycles.